The van der Waals surface area contributed by atoms with Gasteiger partial charge in [0.15, 0.2) is 0 Å². The van der Waals surface area contributed by atoms with E-state index in [9.17, 15) is 9.59 Å². The summed E-state index contributed by atoms with van der Waals surface area (Å²) >= 11 is 0. The lowest BCUT2D eigenvalue weighted by Gasteiger charge is -2.57. The van der Waals surface area contributed by atoms with Crippen molar-refractivity contribution in [2.24, 2.45) is 23.2 Å². The number of carbonyl (C=O) groups is 2. The molecule has 2 saturated carbocycles. The standard InChI is InChI=1S/C25H34N2O3/c1-14-23-22(27(26-14)15(2)28)13-21-19-7-6-17-12-18(30-16(3)29)8-10-24(17,4)20(19)9-11-25(21,23)5/h6,18-21H,7-13H2,1-5H3/t18-,19-,20+,21-,24-,25-/m0/s1. The van der Waals surface area contributed by atoms with Crippen molar-refractivity contribution in [3.8, 4) is 0 Å². The fourth-order valence-electron chi connectivity index (χ4n) is 7.95. The Hall–Kier alpha value is -1.91. The van der Waals surface area contributed by atoms with E-state index in [4.69, 9.17) is 4.74 Å². The fraction of sp³-hybridized carbons (Fsp3) is 0.720. The molecule has 0 unspecified atom stereocenters. The van der Waals surface area contributed by atoms with Gasteiger partial charge in [0.2, 0.25) is 5.91 Å². The first-order chi connectivity index (χ1) is 14.1. The molecule has 0 saturated heterocycles. The lowest BCUT2D eigenvalue weighted by molar-refractivity contribution is -0.148. The van der Waals surface area contributed by atoms with Gasteiger partial charge in [-0.2, -0.15) is 5.10 Å². The van der Waals surface area contributed by atoms with Gasteiger partial charge in [-0.3, -0.25) is 9.59 Å². The van der Waals surface area contributed by atoms with Crippen molar-refractivity contribution >= 4 is 11.9 Å². The summed E-state index contributed by atoms with van der Waals surface area (Å²) in [6.45, 7) is 10.1. The second-order valence-electron chi connectivity index (χ2n) is 10.7. The highest BCUT2D eigenvalue weighted by Crippen LogP contribution is 2.64. The minimum Gasteiger partial charge on any atom is -0.462 e. The summed E-state index contributed by atoms with van der Waals surface area (Å²) in [6, 6.07) is 0. The van der Waals surface area contributed by atoms with Gasteiger partial charge >= 0.3 is 5.97 Å². The average molecular weight is 411 g/mol. The molecule has 5 heteroatoms. The number of hydrogen-bond acceptors (Lipinski definition) is 4. The van der Waals surface area contributed by atoms with Crippen LogP contribution in [0.3, 0.4) is 0 Å². The Morgan fingerprint density at radius 1 is 1.10 bits per heavy atom. The van der Waals surface area contributed by atoms with Crippen LogP contribution in [0.25, 0.3) is 0 Å². The molecule has 30 heavy (non-hydrogen) atoms. The Balaban J connectivity index is 1.47. The maximum Gasteiger partial charge on any atom is 0.302 e. The van der Waals surface area contributed by atoms with Gasteiger partial charge in [0.25, 0.3) is 0 Å². The van der Waals surface area contributed by atoms with Crippen molar-refractivity contribution in [3.05, 3.63) is 28.6 Å². The summed E-state index contributed by atoms with van der Waals surface area (Å²) in [5.41, 5.74) is 5.45. The molecular formula is C25H34N2O3. The first-order valence-electron chi connectivity index (χ1n) is 11.6. The van der Waals surface area contributed by atoms with Crippen LogP contribution in [0.1, 0.15) is 88.0 Å². The maximum atomic E-state index is 12.2. The summed E-state index contributed by atoms with van der Waals surface area (Å²) in [5.74, 6) is 1.77. The third-order valence-corrected chi connectivity index (χ3v) is 9.22. The highest BCUT2D eigenvalue weighted by molar-refractivity contribution is 5.77. The monoisotopic (exact) mass is 410 g/mol. The van der Waals surface area contributed by atoms with E-state index in [0.717, 1.165) is 37.8 Å². The summed E-state index contributed by atoms with van der Waals surface area (Å²) < 4.78 is 7.25. The van der Waals surface area contributed by atoms with E-state index in [1.807, 2.05) is 0 Å². The van der Waals surface area contributed by atoms with E-state index >= 15 is 0 Å². The maximum absolute atomic E-state index is 12.2. The van der Waals surface area contributed by atoms with Crippen LogP contribution in [0.15, 0.2) is 11.6 Å². The summed E-state index contributed by atoms with van der Waals surface area (Å²) in [6.07, 6.45) is 10.00. The predicted octanol–water partition coefficient (Wildman–Crippen LogP) is 4.76. The molecule has 6 atom stereocenters. The SMILES string of the molecule is CC(=O)O[C@H]1CC[C@@]2(C)C(=CC[C@H]3[C@H]2CC[C@]2(C)c4c(C)nn(C(C)=O)c4C[C@@H]32)C1. The largest absolute Gasteiger partial charge is 0.462 e. The van der Waals surface area contributed by atoms with E-state index in [1.165, 1.54) is 36.6 Å². The Morgan fingerprint density at radius 3 is 2.53 bits per heavy atom. The zero-order chi connectivity index (χ0) is 21.4. The van der Waals surface area contributed by atoms with E-state index in [0.29, 0.717) is 17.8 Å². The molecule has 0 aliphatic heterocycles. The molecule has 5 nitrogen and oxygen atoms in total. The van der Waals surface area contributed by atoms with Gasteiger partial charge in [-0.15, -0.1) is 0 Å². The molecule has 5 rings (SSSR count). The predicted molar refractivity (Wildman–Crippen MR) is 114 cm³/mol. The lowest BCUT2D eigenvalue weighted by Crippen LogP contribution is -2.51. The Kier molecular flexibility index (Phi) is 4.37. The number of carbonyl (C=O) groups excluding carboxylic acids is 2. The molecule has 1 aromatic heterocycles. The molecule has 0 N–H and O–H groups in total. The quantitative estimate of drug-likeness (QED) is 0.495. The molecule has 0 aromatic carbocycles. The zero-order valence-corrected chi connectivity index (χ0v) is 19.0. The number of rotatable bonds is 1. The van der Waals surface area contributed by atoms with Crippen molar-refractivity contribution in [2.45, 2.75) is 91.1 Å². The second-order valence-corrected chi connectivity index (χ2v) is 10.7. The van der Waals surface area contributed by atoms with Crippen LogP contribution in [0.2, 0.25) is 0 Å². The van der Waals surface area contributed by atoms with Gasteiger partial charge in [-0.1, -0.05) is 25.5 Å². The van der Waals surface area contributed by atoms with Crippen LogP contribution in [-0.2, 0) is 21.4 Å². The third kappa shape index (κ3) is 2.63. The minimum absolute atomic E-state index is 0.0275. The topological polar surface area (TPSA) is 61.2 Å². The summed E-state index contributed by atoms with van der Waals surface area (Å²) in [7, 11) is 0. The Morgan fingerprint density at radius 2 is 1.83 bits per heavy atom. The molecule has 1 heterocycles. The molecule has 0 spiro atoms. The molecule has 0 amide bonds. The summed E-state index contributed by atoms with van der Waals surface area (Å²) in [5, 5.41) is 4.60. The Bertz CT molecular complexity index is 960. The van der Waals surface area contributed by atoms with Crippen molar-refractivity contribution in [1.82, 2.24) is 9.78 Å². The molecule has 0 radical (unpaired) electrons. The molecule has 162 valence electrons. The van der Waals surface area contributed by atoms with Gasteiger partial charge in [0.05, 0.1) is 11.4 Å². The van der Waals surface area contributed by atoms with E-state index < -0.39 is 0 Å². The van der Waals surface area contributed by atoms with Gasteiger partial charge in [-0.05, 0) is 74.0 Å². The number of aryl methyl sites for hydroxylation is 1. The van der Waals surface area contributed by atoms with E-state index in [2.05, 4.69) is 31.9 Å². The smallest absolute Gasteiger partial charge is 0.302 e. The first kappa shape index (κ1) is 20.0. The number of hydrogen-bond donors (Lipinski definition) is 0. The number of esters is 1. The average Bonchev–Trinajstić information content (AvgIpc) is 3.16. The summed E-state index contributed by atoms with van der Waals surface area (Å²) in [4.78, 5) is 23.7. The van der Waals surface area contributed by atoms with E-state index in [-0.39, 0.29) is 28.8 Å². The number of ether oxygens (including phenoxy) is 1. The minimum atomic E-state index is -0.162. The Labute approximate surface area is 179 Å². The molecule has 0 bridgehead atoms. The first-order valence-corrected chi connectivity index (χ1v) is 11.6. The highest BCUT2D eigenvalue weighted by Gasteiger charge is 2.59. The zero-order valence-electron chi connectivity index (χ0n) is 19.0. The van der Waals surface area contributed by atoms with Crippen LogP contribution >= 0.6 is 0 Å². The van der Waals surface area contributed by atoms with Gasteiger partial charge < -0.3 is 4.74 Å². The van der Waals surface area contributed by atoms with Crippen LogP contribution < -0.4 is 0 Å². The lowest BCUT2D eigenvalue weighted by atomic mass is 9.47. The third-order valence-electron chi connectivity index (χ3n) is 9.22. The van der Waals surface area contributed by atoms with E-state index in [1.54, 1.807) is 11.6 Å². The molecule has 2 fully saturated rings. The number of aromatic nitrogens is 2. The van der Waals surface area contributed by atoms with Crippen LogP contribution in [0.4, 0.5) is 0 Å². The van der Waals surface area contributed by atoms with Gasteiger partial charge in [0.1, 0.15) is 6.10 Å². The number of allylic oxidation sites excluding steroid dienone is 1. The molecule has 4 aliphatic rings. The molecule has 1 aromatic rings. The molecular weight excluding hydrogens is 376 g/mol. The van der Waals surface area contributed by atoms with Crippen molar-refractivity contribution < 1.29 is 14.3 Å². The van der Waals surface area contributed by atoms with Crippen LogP contribution in [0.5, 0.6) is 0 Å². The fourth-order valence-corrected chi connectivity index (χ4v) is 7.95. The second kappa shape index (κ2) is 6.54. The van der Waals surface area contributed by atoms with Crippen LogP contribution in [0, 0.1) is 30.1 Å². The molecule has 4 aliphatic carbocycles. The van der Waals surface area contributed by atoms with Gasteiger partial charge in [0, 0.05) is 25.8 Å². The normalized spacial score (nSPS) is 39.3. The number of fused-ring (bicyclic) bond motifs is 7. The highest BCUT2D eigenvalue weighted by atomic mass is 16.5. The van der Waals surface area contributed by atoms with Crippen molar-refractivity contribution in [1.29, 1.82) is 0 Å². The number of nitrogens with zero attached hydrogens (tertiary/aromatic N) is 2. The van der Waals surface area contributed by atoms with Crippen LogP contribution in [-0.4, -0.2) is 27.8 Å². The van der Waals surface area contributed by atoms with Crippen molar-refractivity contribution in [2.75, 3.05) is 0 Å². The van der Waals surface area contributed by atoms with Gasteiger partial charge in [-0.25, -0.2) is 4.68 Å². The van der Waals surface area contributed by atoms with Crippen molar-refractivity contribution in [3.63, 3.8) is 0 Å².